The molecule has 1 unspecified atom stereocenters. The normalized spacial score (nSPS) is 12.1. The van der Waals surface area contributed by atoms with Crippen molar-refractivity contribution in [2.24, 2.45) is 7.05 Å². The van der Waals surface area contributed by atoms with Gasteiger partial charge in [-0.25, -0.2) is 0 Å². The van der Waals surface area contributed by atoms with Gasteiger partial charge in [0.15, 0.2) is 11.6 Å². The number of rotatable bonds is 5. The van der Waals surface area contributed by atoms with Crippen LogP contribution < -0.4 is 5.32 Å². The third-order valence-corrected chi connectivity index (χ3v) is 4.29. The maximum absolute atomic E-state index is 6.02. The second-order valence-corrected chi connectivity index (χ2v) is 6.41. The maximum atomic E-state index is 6.02. The highest BCUT2D eigenvalue weighted by atomic mass is 35.5. The average molecular weight is 382 g/mol. The molecule has 1 N–H and O–H groups in total. The Labute approximate surface area is 160 Å². The van der Waals surface area contributed by atoms with E-state index >= 15 is 0 Å². The first-order valence-corrected chi connectivity index (χ1v) is 8.65. The van der Waals surface area contributed by atoms with Crippen molar-refractivity contribution < 1.29 is 4.52 Å². The molecule has 0 aliphatic rings. The molecule has 9 heteroatoms. The molecule has 0 amide bonds. The Morgan fingerprint density at radius 2 is 1.93 bits per heavy atom. The molecule has 0 radical (unpaired) electrons. The standard InChI is InChI=1S/C18H16ClN7O/c1-11(15-22-17(27-25-15)13-4-3-5-14(19)10-13)21-18-24-23-16(26(18)2)12-6-8-20-9-7-12/h3-11H,1-2H3,(H,21,24). The fraction of sp³-hybridized carbons (Fsp3) is 0.167. The Kier molecular flexibility index (Phi) is 4.55. The van der Waals surface area contributed by atoms with Gasteiger partial charge in [-0.3, -0.25) is 9.55 Å². The van der Waals surface area contributed by atoms with E-state index in [4.69, 9.17) is 16.1 Å². The number of nitrogens with one attached hydrogen (secondary N) is 1. The molecule has 0 saturated carbocycles. The van der Waals surface area contributed by atoms with Gasteiger partial charge in [0, 0.05) is 35.6 Å². The quantitative estimate of drug-likeness (QED) is 0.562. The highest BCUT2D eigenvalue weighted by Gasteiger charge is 2.18. The number of anilines is 1. The summed E-state index contributed by atoms with van der Waals surface area (Å²) in [5.41, 5.74) is 1.70. The number of benzene rings is 1. The van der Waals surface area contributed by atoms with Crippen LogP contribution in [-0.2, 0) is 7.05 Å². The van der Waals surface area contributed by atoms with E-state index in [-0.39, 0.29) is 6.04 Å². The Balaban J connectivity index is 1.53. The number of pyridine rings is 1. The molecule has 4 aromatic rings. The van der Waals surface area contributed by atoms with Gasteiger partial charge in [0.05, 0.1) is 6.04 Å². The maximum Gasteiger partial charge on any atom is 0.258 e. The summed E-state index contributed by atoms with van der Waals surface area (Å²) in [4.78, 5) is 8.47. The second-order valence-electron chi connectivity index (χ2n) is 5.98. The van der Waals surface area contributed by atoms with E-state index in [2.05, 4.69) is 30.6 Å². The number of nitrogens with zero attached hydrogens (tertiary/aromatic N) is 6. The lowest BCUT2D eigenvalue weighted by Gasteiger charge is -2.10. The Morgan fingerprint density at radius 3 is 2.70 bits per heavy atom. The molecule has 0 saturated heterocycles. The summed E-state index contributed by atoms with van der Waals surface area (Å²) < 4.78 is 7.22. The zero-order chi connectivity index (χ0) is 18.8. The van der Waals surface area contributed by atoms with Crippen molar-refractivity contribution in [3.05, 3.63) is 59.6 Å². The predicted molar refractivity (Wildman–Crippen MR) is 101 cm³/mol. The van der Waals surface area contributed by atoms with Crippen LogP contribution >= 0.6 is 11.6 Å². The molecule has 0 aliphatic carbocycles. The molecule has 3 aromatic heterocycles. The van der Waals surface area contributed by atoms with Gasteiger partial charge in [0.1, 0.15) is 0 Å². The van der Waals surface area contributed by atoms with Crippen LogP contribution in [0.4, 0.5) is 5.95 Å². The number of hydrogen-bond donors (Lipinski definition) is 1. The number of aromatic nitrogens is 6. The van der Waals surface area contributed by atoms with Gasteiger partial charge in [-0.05, 0) is 37.3 Å². The van der Waals surface area contributed by atoms with Gasteiger partial charge in [-0.1, -0.05) is 22.8 Å². The van der Waals surface area contributed by atoms with Gasteiger partial charge in [0.25, 0.3) is 5.89 Å². The van der Waals surface area contributed by atoms with E-state index in [0.717, 1.165) is 17.0 Å². The van der Waals surface area contributed by atoms with Crippen molar-refractivity contribution in [3.8, 4) is 22.8 Å². The van der Waals surface area contributed by atoms with E-state index in [1.807, 2.05) is 42.8 Å². The first-order valence-electron chi connectivity index (χ1n) is 8.27. The molecule has 1 atom stereocenters. The van der Waals surface area contributed by atoms with Crippen LogP contribution in [0.5, 0.6) is 0 Å². The highest BCUT2D eigenvalue weighted by molar-refractivity contribution is 6.30. The van der Waals surface area contributed by atoms with Crippen molar-refractivity contribution in [2.45, 2.75) is 13.0 Å². The number of hydrogen-bond acceptors (Lipinski definition) is 7. The van der Waals surface area contributed by atoms with E-state index in [0.29, 0.717) is 22.7 Å². The summed E-state index contributed by atoms with van der Waals surface area (Å²) in [5.74, 6) is 2.26. The smallest absolute Gasteiger partial charge is 0.258 e. The SMILES string of the molecule is CC(Nc1nnc(-c2ccncc2)n1C)c1noc(-c2cccc(Cl)c2)n1. The Hall–Kier alpha value is -3.26. The van der Waals surface area contributed by atoms with Crippen molar-refractivity contribution in [3.63, 3.8) is 0 Å². The van der Waals surface area contributed by atoms with E-state index < -0.39 is 0 Å². The predicted octanol–water partition coefficient (Wildman–Crippen LogP) is 3.75. The first-order chi connectivity index (χ1) is 13.1. The molecule has 136 valence electrons. The minimum atomic E-state index is -0.227. The monoisotopic (exact) mass is 381 g/mol. The zero-order valence-corrected chi connectivity index (χ0v) is 15.4. The Morgan fingerprint density at radius 1 is 1.11 bits per heavy atom. The summed E-state index contributed by atoms with van der Waals surface area (Å²) >= 11 is 6.02. The van der Waals surface area contributed by atoms with Gasteiger partial charge in [0.2, 0.25) is 5.95 Å². The van der Waals surface area contributed by atoms with E-state index in [1.165, 1.54) is 0 Å². The van der Waals surface area contributed by atoms with E-state index in [1.54, 1.807) is 24.5 Å². The molecule has 1 aromatic carbocycles. The molecule has 0 aliphatic heterocycles. The molecule has 0 spiro atoms. The van der Waals surface area contributed by atoms with Crippen LogP contribution in [0.15, 0.2) is 53.3 Å². The summed E-state index contributed by atoms with van der Waals surface area (Å²) in [6.45, 7) is 1.92. The molecule has 3 heterocycles. The summed E-state index contributed by atoms with van der Waals surface area (Å²) in [6.07, 6.45) is 3.44. The second kappa shape index (κ2) is 7.16. The van der Waals surface area contributed by atoms with Gasteiger partial charge in [-0.15, -0.1) is 10.2 Å². The lowest BCUT2D eigenvalue weighted by molar-refractivity contribution is 0.419. The minimum absolute atomic E-state index is 0.227. The number of halogens is 1. The topological polar surface area (TPSA) is 94.6 Å². The van der Waals surface area contributed by atoms with Crippen LogP contribution in [0.1, 0.15) is 18.8 Å². The molecule has 0 fully saturated rings. The van der Waals surface area contributed by atoms with E-state index in [9.17, 15) is 0 Å². The third kappa shape index (κ3) is 3.52. The largest absolute Gasteiger partial charge is 0.344 e. The Bertz CT molecular complexity index is 1060. The van der Waals surface area contributed by atoms with Crippen LogP contribution in [0, 0.1) is 0 Å². The van der Waals surface area contributed by atoms with Gasteiger partial charge >= 0.3 is 0 Å². The molecule has 8 nitrogen and oxygen atoms in total. The van der Waals surface area contributed by atoms with Crippen molar-refractivity contribution in [1.82, 2.24) is 29.9 Å². The molecule has 27 heavy (non-hydrogen) atoms. The molecular weight excluding hydrogens is 366 g/mol. The fourth-order valence-electron chi connectivity index (χ4n) is 2.61. The van der Waals surface area contributed by atoms with Crippen molar-refractivity contribution >= 4 is 17.5 Å². The fourth-order valence-corrected chi connectivity index (χ4v) is 2.81. The third-order valence-electron chi connectivity index (χ3n) is 4.06. The highest BCUT2D eigenvalue weighted by Crippen LogP contribution is 2.24. The average Bonchev–Trinajstić information content (AvgIpc) is 3.31. The van der Waals surface area contributed by atoms with Crippen LogP contribution in [-0.4, -0.2) is 29.9 Å². The van der Waals surface area contributed by atoms with Crippen LogP contribution in [0.2, 0.25) is 5.02 Å². The van der Waals surface area contributed by atoms with Gasteiger partial charge in [-0.2, -0.15) is 4.98 Å². The molecule has 0 bridgehead atoms. The first kappa shape index (κ1) is 17.2. The lowest BCUT2D eigenvalue weighted by atomic mass is 10.2. The lowest BCUT2D eigenvalue weighted by Crippen LogP contribution is -2.12. The molecule has 4 rings (SSSR count). The summed E-state index contributed by atoms with van der Waals surface area (Å²) in [7, 11) is 1.89. The van der Waals surface area contributed by atoms with Crippen molar-refractivity contribution in [2.75, 3.05) is 5.32 Å². The molecular formula is C18H16ClN7O. The minimum Gasteiger partial charge on any atom is -0.344 e. The van der Waals surface area contributed by atoms with Crippen molar-refractivity contribution in [1.29, 1.82) is 0 Å². The summed E-state index contributed by atoms with van der Waals surface area (Å²) in [5, 5.41) is 16.4. The zero-order valence-electron chi connectivity index (χ0n) is 14.7. The van der Waals surface area contributed by atoms with Gasteiger partial charge < -0.3 is 9.84 Å². The summed E-state index contributed by atoms with van der Waals surface area (Å²) in [6, 6.07) is 10.8. The van der Waals surface area contributed by atoms with Crippen LogP contribution in [0.25, 0.3) is 22.8 Å². The van der Waals surface area contributed by atoms with Crippen LogP contribution in [0.3, 0.4) is 0 Å².